The molecule has 1 aromatic carbocycles. The molecule has 0 atom stereocenters. The Bertz CT molecular complexity index is 509. The van der Waals surface area contributed by atoms with Crippen LogP contribution in [0, 0.1) is 12.7 Å². The lowest BCUT2D eigenvalue weighted by molar-refractivity contribution is -0.147. The van der Waals surface area contributed by atoms with Crippen molar-refractivity contribution in [1.82, 2.24) is 0 Å². The maximum atomic E-state index is 13.8. The van der Waals surface area contributed by atoms with Crippen molar-refractivity contribution in [1.29, 1.82) is 0 Å². The molecule has 0 heterocycles. The zero-order valence-corrected chi connectivity index (χ0v) is 11.0. The third-order valence-corrected chi connectivity index (χ3v) is 4.01. The molecule has 0 spiro atoms. The van der Waals surface area contributed by atoms with E-state index in [1.807, 2.05) is 0 Å². The van der Waals surface area contributed by atoms with E-state index in [9.17, 15) is 14.3 Å². The average Bonchev–Trinajstić information content (AvgIpc) is 2.23. The van der Waals surface area contributed by atoms with Crippen molar-refractivity contribution in [3.63, 3.8) is 0 Å². The van der Waals surface area contributed by atoms with Crippen LogP contribution in [0.1, 0.15) is 30.4 Å². The summed E-state index contributed by atoms with van der Waals surface area (Å²) >= 11 is 5.94. The Hall–Kier alpha value is -1.29. The van der Waals surface area contributed by atoms with E-state index in [1.54, 1.807) is 6.92 Å². The monoisotopic (exact) mass is 272 g/mol. The predicted molar refractivity (Wildman–Crippen MR) is 65.9 cm³/mol. The van der Waals surface area contributed by atoms with E-state index in [1.165, 1.54) is 7.11 Å². The lowest BCUT2D eigenvalue weighted by Crippen LogP contribution is -2.43. The first-order valence-corrected chi connectivity index (χ1v) is 6.08. The molecule has 0 aliphatic heterocycles. The molecule has 0 saturated heterocycles. The van der Waals surface area contributed by atoms with E-state index >= 15 is 0 Å². The van der Waals surface area contributed by atoms with Gasteiger partial charge in [-0.2, -0.15) is 0 Å². The SMILES string of the molecule is COc1c(Cl)cc(F)c(C)c1C1(C(=O)O)CCC1. The molecule has 0 bridgehead atoms. The summed E-state index contributed by atoms with van der Waals surface area (Å²) in [6, 6.07) is 1.16. The van der Waals surface area contributed by atoms with E-state index in [0.29, 0.717) is 24.0 Å². The molecule has 1 N–H and O–H groups in total. The second-order valence-corrected chi connectivity index (χ2v) is 5.02. The Morgan fingerprint density at radius 1 is 1.56 bits per heavy atom. The van der Waals surface area contributed by atoms with Crippen LogP contribution in [0.2, 0.25) is 5.02 Å². The average molecular weight is 273 g/mol. The minimum atomic E-state index is -1.05. The van der Waals surface area contributed by atoms with E-state index in [-0.39, 0.29) is 10.8 Å². The molecule has 1 saturated carbocycles. The fourth-order valence-corrected chi connectivity index (χ4v) is 2.84. The third-order valence-electron chi connectivity index (χ3n) is 3.73. The molecule has 98 valence electrons. The lowest BCUT2D eigenvalue weighted by Gasteiger charge is -2.40. The van der Waals surface area contributed by atoms with Crippen LogP contribution >= 0.6 is 11.6 Å². The van der Waals surface area contributed by atoms with Crippen LogP contribution in [0.15, 0.2) is 6.07 Å². The van der Waals surface area contributed by atoms with Gasteiger partial charge in [-0.25, -0.2) is 4.39 Å². The third kappa shape index (κ3) is 1.67. The quantitative estimate of drug-likeness (QED) is 0.918. The standard InChI is InChI=1S/C13H14ClFO3/c1-7-9(15)6-8(14)11(18-2)10(7)13(12(16)17)4-3-5-13/h6H,3-5H2,1-2H3,(H,16,17). The molecule has 0 amide bonds. The molecule has 18 heavy (non-hydrogen) atoms. The van der Waals surface area contributed by atoms with Gasteiger partial charge in [0.15, 0.2) is 0 Å². The Balaban J connectivity index is 2.72. The second kappa shape index (κ2) is 4.43. The first kappa shape index (κ1) is 13.1. The Kier molecular flexibility index (Phi) is 3.23. The van der Waals surface area contributed by atoms with Gasteiger partial charge in [-0.15, -0.1) is 0 Å². The fourth-order valence-electron chi connectivity index (χ4n) is 2.57. The summed E-state index contributed by atoms with van der Waals surface area (Å²) in [6.07, 6.45) is 1.78. The van der Waals surface area contributed by atoms with Crippen molar-refractivity contribution in [3.05, 3.63) is 28.0 Å². The highest BCUT2D eigenvalue weighted by Crippen LogP contribution is 2.50. The van der Waals surface area contributed by atoms with Crippen LogP contribution in [0.3, 0.4) is 0 Å². The van der Waals surface area contributed by atoms with Crippen molar-refractivity contribution in [2.24, 2.45) is 0 Å². The number of carbonyl (C=O) groups is 1. The van der Waals surface area contributed by atoms with Gasteiger partial charge in [0.1, 0.15) is 11.6 Å². The van der Waals surface area contributed by atoms with Gasteiger partial charge in [0.2, 0.25) is 0 Å². The minimum Gasteiger partial charge on any atom is -0.495 e. The number of aliphatic carboxylic acids is 1. The highest BCUT2D eigenvalue weighted by molar-refractivity contribution is 6.32. The van der Waals surface area contributed by atoms with E-state index in [2.05, 4.69) is 0 Å². The van der Waals surface area contributed by atoms with Gasteiger partial charge in [-0.3, -0.25) is 4.79 Å². The van der Waals surface area contributed by atoms with Gasteiger partial charge in [-0.1, -0.05) is 18.0 Å². The molecule has 5 heteroatoms. The normalized spacial score (nSPS) is 17.1. The number of methoxy groups -OCH3 is 1. The summed E-state index contributed by atoms with van der Waals surface area (Å²) < 4.78 is 19.0. The highest BCUT2D eigenvalue weighted by atomic mass is 35.5. The van der Waals surface area contributed by atoms with Crippen LogP contribution < -0.4 is 4.74 Å². The maximum Gasteiger partial charge on any atom is 0.314 e. The number of benzene rings is 1. The Labute approximate surface area is 110 Å². The van der Waals surface area contributed by atoms with E-state index < -0.39 is 17.2 Å². The van der Waals surface area contributed by atoms with Gasteiger partial charge >= 0.3 is 5.97 Å². The van der Waals surface area contributed by atoms with E-state index in [0.717, 1.165) is 12.5 Å². The summed E-state index contributed by atoms with van der Waals surface area (Å²) in [6.45, 7) is 1.56. The number of ether oxygens (including phenoxy) is 1. The van der Waals surface area contributed by atoms with E-state index in [4.69, 9.17) is 16.3 Å². The molecule has 1 aliphatic rings. The molecular weight excluding hydrogens is 259 g/mol. The van der Waals surface area contributed by atoms with Crippen molar-refractivity contribution in [3.8, 4) is 5.75 Å². The Morgan fingerprint density at radius 2 is 2.17 bits per heavy atom. The first-order chi connectivity index (χ1) is 8.44. The van der Waals surface area contributed by atoms with Gasteiger partial charge in [-0.05, 0) is 31.4 Å². The number of carboxylic acid groups (broad SMARTS) is 1. The molecule has 1 aromatic rings. The van der Waals surface area contributed by atoms with Crippen LogP contribution in [0.5, 0.6) is 5.75 Å². The topological polar surface area (TPSA) is 46.5 Å². The molecule has 0 aromatic heterocycles. The van der Waals surface area contributed by atoms with Gasteiger partial charge in [0.25, 0.3) is 0 Å². The number of hydrogen-bond donors (Lipinski definition) is 1. The number of halogens is 2. The van der Waals surface area contributed by atoms with Gasteiger partial charge in [0.05, 0.1) is 17.5 Å². The van der Waals surface area contributed by atoms with Crippen LogP contribution in [0.25, 0.3) is 0 Å². The number of hydrogen-bond acceptors (Lipinski definition) is 2. The molecule has 1 fully saturated rings. The largest absolute Gasteiger partial charge is 0.495 e. The van der Waals surface area contributed by atoms with Crippen molar-refractivity contribution in [2.75, 3.05) is 7.11 Å². The smallest absolute Gasteiger partial charge is 0.314 e. The molecular formula is C13H14ClFO3. The molecule has 2 rings (SSSR count). The zero-order chi connectivity index (χ0) is 13.5. The summed E-state index contributed by atoms with van der Waals surface area (Å²) in [4.78, 5) is 11.5. The van der Waals surface area contributed by atoms with Gasteiger partial charge < -0.3 is 9.84 Å². The predicted octanol–water partition coefficient (Wildman–Crippen LogP) is 3.30. The van der Waals surface area contributed by atoms with Crippen molar-refractivity contribution >= 4 is 17.6 Å². The highest BCUT2D eigenvalue weighted by Gasteiger charge is 2.49. The zero-order valence-electron chi connectivity index (χ0n) is 10.2. The molecule has 0 unspecified atom stereocenters. The van der Waals surface area contributed by atoms with Crippen LogP contribution in [0.4, 0.5) is 4.39 Å². The molecule has 3 nitrogen and oxygen atoms in total. The van der Waals surface area contributed by atoms with Crippen molar-refractivity contribution < 1.29 is 19.0 Å². The summed E-state index contributed by atoms with van der Waals surface area (Å²) in [5, 5.41) is 9.56. The molecule has 0 radical (unpaired) electrons. The van der Waals surface area contributed by atoms with Crippen molar-refractivity contribution in [2.45, 2.75) is 31.6 Å². The second-order valence-electron chi connectivity index (χ2n) is 4.61. The number of rotatable bonds is 3. The summed E-state index contributed by atoms with van der Waals surface area (Å²) in [7, 11) is 1.41. The molecule has 1 aliphatic carbocycles. The Morgan fingerprint density at radius 3 is 2.56 bits per heavy atom. The number of carboxylic acids is 1. The lowest BCUT2D eigenvalue weighted by atomic mass is 9.63. The minimum absolute atomic E-state index is 0.114. The summed E-state index contributed by atoms with van der Waals surface area (Å²) in [5.74, 6) is -1.17. The van der Waals surface area contributed by atoms with Crippen LogP contribution in [-0.4, -0.2) is 18.2 Å². The van der Waals surface area contributed by atoms with Gasteiger partial charge in [0, 0.05) is 5.56 Å². The fraction of sp³-hybridized carbons (Fsp3) is 0.462. The maximum absolute atomic E-state index is 13.8. The summed E-state index contributed by atoms with van der Waals surface area (Å²) in [5.41, 5.74) is -0.367. The first-order valence-electron chi connectivity index (χ1n) is 5.70. The van der Waals surface area contributed by atoms with Crippen LogP contribution in [-0.2, 0) is 10.2 Å².